The lowest BCUT2D eigenvalue weighted by Gasteiger charge is -2.17. The minimum absolute atomic E-state index is 0.135. The molecule has 3 rings (SSSR count). The molecule has 0 radical (unpaired) electrons. The fourth-order valence-corrected chi connectivity index (χ4v) is 3.31. The molecule has 25 heavy (non-hydrogen) atoms. The molecule has 2 N–H and O–H groups in total. The van der Waals surface area contributed by atoms with Crippen LogP contribution in [0.25, 0.3) is 0 Å². The van der Waals surface area contributed by atoms with Crippen molar-refractivity contribution in [3.05, 3.63) is 47.4 Å². The fraction of sp³-hybridized carbons (Fsp3) is 0.450. The average Bonchev–Trinajstić information content (AvgIpc) is 3.10. The van der Waals surface area contributed by atoms with Gasteiger partial charge in [0, 0.05) is 11.7 Å². The molecule has 5 nitrogen and oxygen atoms in total. The minimum Gasteiger partial charge on any atom is -0.348 e. The van der Waals surface area contributed by atoms with Crippen LogP contribution >= 0.6 is 0 Å². The van der Waals surface area contributed by atoms with Crippen LogP contribution in [0.15, 0.2) is 30.6 Å². The van der Waals surface area contributed by atoms with Gasteiger partial charge in [-0.1, -0.05) is 44.9 Å². The summed E-state index contributed by atoms with van der Waals surface area (Å²) in [6.45, 7) is 6.41. The average molecular weight is 338 g/mol. The number of hydrogen-bond acceptors (Lipinski definition) is 4. The molecule has 0 spiro atoms. The monoisotopic (exact) mass is 338 g/mol. The van der Waals surface area contributed by atoms with E-state index in [9.17, 15) is 4.79 Å². The molecule has 1 fully saturated rings. The number of amides is 1. The summed E-state index contributed by atoms with van der Waals surface area (Å²) in [5.74, 6) is 0.921. The van der Waals surface area contributed by atoms with Crippen LogP contribution in [0.4, 0.5) is 11.5 Å². The zero-order valence-corrected chi connectivity index (χ0v) is 15.2. The number of nitrogens with one attached hydrogen (secondary N) is 2. The first-order chi connectivity index (χ1) is 12.0. The molecule has 1 saturated carbocycles. The van der Waals surface area contributed by atoms with E-state index in [1.807, 2.05) is 0 Å². The van der Waals surface area contributed by atoms with Crippen molar-refractivity contribution in [2.75, 3.05) is 5.32 Å². The summed E-state index contributed by atoms with van der Waals surface area (Å²) in [6.07, 6.45) is 7.66. The number of benzene rings is 1. The Labute approximate surface area is 149 Å². The summed E-state index contributed by atoms with van der Waals surface area (Å²) in [4.78, 5) is 20.9. The third-order valence-corrected chi connectivity index (χ3v) is 4.75. The van der Waals surface area contributed by atoms with Crippen molar-refractivity contribution in [2.45, 2.75) is 58.4 Å². The van der Waals surface area contributed by atoms with Gasteiger partial charge in [0.25, 0.3) is 5.91 Å². The lowest BCUT2D eigenvalue weighted by Crippen LogP contribution is -2.33. The maximum atomic E-state index is 12.2. The van der Waals surface area contributed by atoms with Crippen molar-refractivity contribution in [2.24, 2.45) is 0 Å². The first kappa shape index (κ1) is 17.4. The Bertz CT molecular complexity index is 734. The molecule has 0 saturated heterocycles. The highest BCUT2D eigenvalue weighted by molar-refractivity contribution is 5.92. The minimum atomic E-state index is -0.135. The second-order valence-electron chi connectivity index (χ2n) is 7.06. The van der Waals surface area contributed by atoms with E-state index in [2.05, 4.69) is 59.6 Å². The Balaban J connectivity index is 1.72. The molecule has 2 aromatic rings. The predicted molar refractivity (Wildman–Crippen MR) is 100 cm³/mol. The lowest BCUT2D eigenvalue weighted by molar-refractivity contribution is 0.0932. The van der Waals surface area contributed by atoms with Crippen molar-refractivity contribution < 1.29 is 4.79 Å². The van der Waals surface area contributed by atoms with Crippen LogP contribution in [0.3, 0.4) is 0 Å². The molecule has 132 valence electrons. The van der Waals surface area contributed by atoms with E-state index in [1.165, 1.54) is 18.4 Å². The number of aryl methyl sites for hydroxylation is 1. The van der Waals surface area contributed by atoms with E-state index < -0.39 is 0 Å². The largest absolute Gasteiger partial charge is 0.348 e. The summed E-state index contributed by atoms with van der Waals surface area (Å²) in [7, 11) is 0. The van der Waals surface area contributed by atoms with Gasteiger partial charge in [0.05, 0.1) is 12.4 Å². The SMILES string of the molecule is Cc1cccc(C(C)C)c1Nc1cnc(C(=O)NC2CCCC2)cn1. The highest BCUT2D eigenvalue weighted by Crippen LogP contribution is 2.29. The van der Waals surface area contributed by atoms with Crippen LogP contribution in [-0.4, -0.2) is 21.9 Å². The van der Waals surface area contributed by atoms with Crippen LogP contribution in [0.5, 0.6) is 0 Å². The molecule has 0 bridgehead atoms. The third-order valence-electron chi connectivity index (χ3n) is 4.75. The zero-order valence-electron chi connectivity index (χ0n) is 15.2. The first-order valence-electron chi connectivity index (χ1n) is 9.04. The smallest absolute Gasteiger partial charge is 0.271 e. The maximum absolute atomic E-state index is 12.2. The summed E-state index contributed by atoms with van der Waals surface area (Å²) >= 11 is 0. The molecule has 1 aromatic heterocycles. The molecule has 1 aliphatic carbocycles. The number of carbonyl (C=O) groups is 1. The summed E-state index contributed by atoms with van der Waals surface area (Å²) in [5.41, 5.74) is 3.84. The number of carbonyl (C=O) groups excluding carboxylic acids is 1. The Hall–Kier alpha value is -2.43. The molecule has 1 amide bonds. The van der Waals surface area contributed by atoms with E-state index in [-0.39, 0.29) is 11.9 Å². The van der Waals surface area contributed by atoms with Crippen LogP contribution in [0.2, 0.25) is 0 Å². The van der Waals surface area contributed by atoms with Gasteiger partial charge < -0.3 is 10.6 Å². The van der Waals surface area contributed by atoms with Crippen molar-refractivity contribution >= 4 is 17.4 Å². The van der Waals surface area contributed by atoms with Crippen molar-refractivity contribution in [1.29, 1.82) is 0 Å². The van der Waals surface area contributed by atoms with Crippen molar-refractivity contribution in [1.82, 2.24) is 15.3 Å². The number of hydrogen-bond donors (Lipinski definition) is 2. The van der Waals surface area contributed by atoms with Gasteiger partial charge in [0.1, 0.15) is 11.5 Å². The predicted octanol–water partition coefficient (Wildman–Crippen LogP) is 4.32. The second kappa shape index (κ2) is 7.64. The number of nitrogens with zero attached hydrogens (tertiary/aromatic N) is 2. The van der Waals surface area contributed by atoms with Gasteiger partial charge in [-0.2, -0.15) is 0 Å². The van der Waals surface area contributed by atoms with Crippen molar-refractivity contribution in [3.8, 4) is 0 Å². The molecular weight excluding hydrogens is 312 g/mol. The van der Waals surface area contributed by atoms with Gasteiger partial charge in [-0.3, -0.25) is 4.79 Å². The Morgan fingerprint density at radius 1 is 1.16 bits per heavy atom. The fourth-order valence-electron chi connectivity index (χ4n) is 3.31. The summed E-state index contributed by atoms with van der Waals surface area (Å²) in [5, 5.41) is 6.39. The molecule has 0 atom stereocenters. The number of para-hydroxylation sites is 1. The molecule has 1 aromatic carbocycles. The molecule has 5 heteroatoms. The number of rotatable bonds is 5. The highest BCUT2D eigenvalue weighted by atomic mass is 16.1. The zero-order chi connectivity index (χ0) is 17.8. The van der Waals surface area contributed by atoms with Gasteiger partial charge in [-0.05, 0) is 36.8 Å². The quantitative estimate of drug-likeness (QED) is 0.852. The number of aromatic nitrogens is 2. The first-order valence-corrected chi connectivity index (χ1v) is 9.04. The normalized spacial score (nSPS) is 14.7. The van der Waals surface area contributed by atoms with Gasteiger partial charge >= 0.3 is 0 Å². The van der Waals surface area contributed by atoms with Gasteiger partial charge in [-0.25, -0.2) is 9.97 Å². The van der Waals surface area contributed by atoms with E-state index in [0.29, 0.717) is 17.4 Å². The molecule has 0 unspecified atom stereocenters. The summed E-state index contributed by atoms with van der Waals surface area (Å²) in [6, 6.07) is 6.55. The van der Waals surface area contributed by atoms with E-state index >= 15 is 0 Å². The van der Waals surface area contributed by atoms with Crippen LogP contribution in [-0.2, 0) is 0 Å². The van der Waals surface area contributed by atoms with Crippen LogP contribution < -0.4 is 10.6 Å². The molecular formula is C20H26N4O. The van der Waals surface area contributed by atoms with Gasteiger partial charge in [-0.15, -0.1) is 0 Å². The Morgan fingerprint density at radius 2 is 1.92 bits per heavy atom. The van der Waals surface area contributed by atoms with Crippen LogP contribution in [0, 0.1) is 6.92 Å². The van der Waals surface area contributed by atoms with Gasteiger partial charge in [0.2, 0.25) is 0 Å². The Kier molecular flexibility index (Phi) is 5.31. The van der Waals surface area contributed by atoms with E-state index in [4.69, 9.17) is 0 Å². The third kappa shape index (κ3) is 4.16. The topological polar surface area (TPSA) is 66.9 Å². The van der Waals surface area contributed by atoms with E-state index in [1.54, 1.807) is 12.4 Å². The standard InChI is InChI=1S/C20H26N4O/c1-13(2)16-10-6-7-14(3)19(16)24-18-12-21-17(11-22-18)20(25)23-15-8-4-5-9-15/h6-7,10-13,15H,4-5,8-9H2,1-3H3,(H,22,24)(H,23,25). The molecule has 1 aliphatic rings. The van der Waals surface area contributed by atoms with Crippen molar-refractivity contribution in [3.63, 3.8) is 0 Å². The van der Waals surface area contributed by atoms with E-state index in [0.717, 1.165) is 24.1 Å². The lowest BCUT2D eigenvalue weighted by atomic mass is 9.98. The summed E-state index contributed by atoms with van der Waals surface area (Å²) < 4.78 is 0. The second-order valence-corrected chi connectivity index (χ2v) is 7.06. The molecule has 1 heterocycles. The Morgan fingerprint density at radius 3 is 2.56 bits per heavy atom. The highest BCUT2D eigenvalue weighted by Gasteiger charge is 2.19. The number of anilines is 2. The van der Waals surface area contributed by atoms with Crippen LogP contribution in [0.1, 0.15) is 67.1 Å². The molecule has 0 aliphatic heterocycles. The van der Waals surface area contributed by atoms with Gasteiger partial charge in [0.15, 0.2) is 0 Å². The maximum Gasteiger partial charge on any atom is 0.271 e.